The normalized spacial score (nSPS) is 8.77. The molecule has 0 aliphatic carbocycles. The maximum Gasteiger partial charge on any atom is 0.161 e. The number of ketones is 1. The molecule has 1 rings (SSSR count). The zero-order valence-electron chi connectivity index (χ0n) is 7.17. The van der Waals surface area contributed by atoms with Crippen LogP contribution < -0.4 is 0 Å². The van der Waals surface area contributed by atoms with Crippen LogP contribution in [-0.2, 0) is 0 Å². The van der Waals surface area contributed by atoms with E-state index >= 15 is 0 Å². The lowest BCUT2D eigenvalue weighted by atomic mass is 10.1. The van der Waals surface area contributed by atoms with Crippen LogP contribution in [0.15, 0.2) is 18.5 Å². The first-order chi connectivity index (χ1) is 6.24. The molecule has 1 aromatic heterocycles. The third-order valence-electron chi connectivity index (χ3n) is 1.44. The lowest BCUT2D eigenvalue weighted by molar-refractivity contribution is 0.101. The van der Waals surface area contributed by atoms with Gasteiger partial charge in [0.2, 0.25) is 0 Å². The van der Waals surface area contributed by atoms with Gasteiger partial charge in [0.15, 0.2) is 5.78 Å². The number of rotatable bonds is 1. The molecule has 0 radical (unpaired) electrons. The predicted octanol–water partition coefficient (Wildman–Crippen LogP) is 2.03. The molecule has 0 saturated carbocycles. The third-order valence-corrected chi connectivity index (χ3v) is 1.72. The minimum Gasteiger partial charge on any atom is -0.294 e. The molecule has 0 unspecified atom stereocenters. The molecule has 13 heavy (non-hydrogen) atoms. The summed E-state index contributed by atoms with van der Waals surface area (Å²) in [6, 6.07) is 1.74. The van der Waals surface area contributed by atoms with E-state index in [0.717, 1.165) is 5.56 Å². The van der Waals surface area contributed by atoms with Gasteiger partial charge in [-0.3, -0.25) is 9.78 Å². The fraction of sp³-hybridized carbons (Fsp3) is 0.200. The van der Waals surface area contributed by atoms with Gasteiger partial charge in [0.25, 0.3) is 0 Å². The van der Waals surface area contributed by atoms with E-state index in [4.69, 9.17) is 0 Å². The Morgan fingerprint density at radius 3 is 3.00 bits per heavy atom. The highest BCUT2D eigenvalue weighted by molar-refractivity contribution is 9.09. The summed E-state index contributed by atoms with van der Waals surface area (Å²) in [5.41, 5.74) is 1.37. The van der Waals surface area contributed by atoms with Crippen molar-refractivity contribution in [2.24, 2.45) is 0 Å². The topological polar surface area (TPSA) is 30.0 Å². The third kappa shape index (κ3) is 3.00. The molecule has 66 valence electrons. The summed E-state index contributed by atoms with van der Waals surface area (Å²) >= 11 is 3.19. The number of carbonyl (C=O) groups is 1. The summed E-state index contributed by atoms with van der Waals surface area (Å²) < 4.78 is 0. The summed E-state index contributed by atoms with van der Waals surface area (Å²) in [7, 11) is 0. The van der Waals surface area contributed by atoms with Gasteiger partial charge < -0.3 is 0 Å². The number of pyridine rings is 1. The van der Waals surface area contributed by atoms with Gasteiger partial charge in [-0.15, -0.1) is 0 Å². The molecular formula is C10H8BrNO. The van der Waals surface area contributed by atoms with Crippen LogP contribution in [0.25, 0.3) is 0 Å². The molecule has 0 saturated heterocycles. The van der Waals surface area contributed by atoms with Crippen LogP contribution in [0.1, 0.15) is 22.8 Å². The highest BCUT2D eigenvalue weighted by Gasteiger charge is 1.98. The minimum absolute atomic E-state index is 0.00925. The van der Waals surface area contributed by atoms with E-state index in [1.165, 1.54) is 6.92 Å². The Labute approximate surface area is 85.5 Å². The Morgan fingerprint density at radius 2 is 2.38 bits per heavy atom. The number of aromatic nitrogens is 1. The van der Waals surface area contributed by atoms with Crippen molar-refractivity contribution in [1.82, 2.24) is 4.98 Å². The van der Waals surface area contributed by atoms with Crippen molar-refractivity contribution in [2.75, 3.05) is 5.33 Å². The number of alkyl halides is 1. The van der Waals surface area contributed by atoms with Crippen LogP contribution >= 0.6 is 15.9 Å². The van der Waals surface area contributed by atoms with Crippen molar-refractivity contribution < 1.29 is 4.79 Å². The van der Waals surface area contributed by atoms with Crippen molar-refractivity contribution in [3.05, 3.63) is 29.6 Å². The summed E-state index contributed by atoms with van der Waals surface area (Å²) in [5.74, 6) is 5.73. The first-order valence-electron chi connectivity index (χ1n) is 3.75. The standard InChI is InChI=1S/C10H8BrNO/c1-8(13)10-5-9(3-2-4-11)6-12-7-10/h5-7H,4H2,1H3. The first-order valence-corrected chi connectivity index (χ1v) is 4.87. The highest BCUT2D eigenvalue weighted by atomic mass is 79.9. The zero-order chi connectivity index (χ0) is 9.68. The number of hydrogen-bond acceptors (Lipinski definition) is 2. The molecule has 0 amide bonds. The van der Waals surface area contributed by atoms with E-state index in [0.29, 0.717) is 10.9 Å². The highest BCUT2D eigenvalue weighted by Crippen LogP contribution is 2.01. The predicted molar refractivity (Wildman–Crippen MR) is 54.9 cm³/mol. The summed E-state index contributed by atoms with van der Waals surface area (Å²) in [5, 5.41) is 0.622. The van der Waals surface area contributed by atoms with E-state index in [1.54, 1.807) is 18.5 Å². The van der Waals surface area contributed by atoms with Crippen molar-refractivity contribution in [1.29, 1.82) is 0 Å². The average Bonchev–Trinajstić information content (AvgIpc) is 2.15. The molecular weight excluding hydrogens is 230 g/mol. The van der Waals surface area contributed by atoms with Gasteiger partial charge in [-0.1, -0.05) is 27.8 Å². The van der Waals surface area contributed by atoms with Crippen LogP contribution in [0.4, 0.5) is 0 Å². The van der Waals surface area contributed by atoms with Crippen molar-refractivity contribution >= 4 is 21.7 Å². The SMILES string of the molecule is CC(=O)c1cncc(C#CCBr)c1. The number of Topliss-reactive ketones (excluding diaryl/α,β-unsaturated/α-hetero) is 1. The van der Waals surface area contributed by atoms with Gasteiger partial charge in [-0.2, -0.15) is 0 Å². The van der Waals surface area contributed by atoms with Gasteiger partial charge in [0.1, 0.15) is 0 Å². The lowest BCUT2D eigenvalue weighted by Gasteiger charge is -1.94. The van der Waals surface area contributed by atoms with E-state index in [9.17, 15) is 4.79 Å². The van der Waals surface area contributed by atoms with Gasteiger partial charge >= 0.3 is 0 Å². The molecule has 0 N–H and O–H groups in total. The van der Waals surface area contributed by atoms with Crippen LogP contribution in [0.3, 0.4) is 0 Å². The van der Waals surface area contributed by atoms with E-state index in [-0.39, 0.29) is 5.78 Å². The number of halogens is 1. The molecule has 1 aromatic rings. The summed E-state index contributed by atoms with van der Waals surface area (Å²) in [4.78, 5) is 14.9. The van der Waals surface area contributed by atoms with Crippen molar-refractivity contribution in [3.8, 4) is 11.8 Å². The Kier molecular flexibility index (Phi) is 3.66. The second-order valence-corrected chi connectivity index (χ2v) is 3.01. The molecule has 0 aliphatic heterocycles. The maximum atomic E-state index is 11.0. The first kappa shape index (κ1) is 9.94. The second kappa shape index (κ2) is 4.78. The van der Waals surface area contributed by atoms with Crippen LogP contribution in [-0.4, -0.2) is 16.1 Å². The van der Waals surface area contributed by atoms with Gasteiger partial charge in [-0.05, 0) is 13.0 Å². The lowest BCUT2D eigenvalue weighted by Crippen LogP contribution is -1.93. The number of carbonyl (C=O) groups excluding carboxylic acids is 1. The smallest absolute Gasteiger partial charge is 0.161 e. The molecule has 0 fully saturated rings. The monoisotopic (exact) mass is 237 g/mol. The van der Waals surface area contributed by atoms with E-state index in [1.807, 2.05) is 0 Å². The van der Waals surface area contributed by atoms with Crippen LogP contribution in [0, 0.1) is 11.8 Å². The Bertz CT molecular complexity index is 376. The van der Waals surface area contributed by atoms with E-state index < -0.39 is 0 Å². The molecule has 1 heterocycles. The Morgan fingerprint density at radius 1 is 1.62 bits per heavy atom. The number of nitrogens with zero attached hydrogens (tertiary/aromatic N) is 1. The quantitative estimate of drug-likeness (QED) is 0.425. The van der Waals surface area contributed by atoms with Crippen LogP contribution in [0.2, 0.25) is 0 Å². The molecule has 0 spiro atoms. The molecule has 0 bridgehead atoms. The molecule has 0 atom stereocenters. The fourth-order valence-corrected chi connectivity index (χ4v) is 0.976. The Balaban J connectivity index is 2.98. The molecule has 0 aromatic carbocycles. The van der Waals surface area contributed by atoms with E-state index in [2.05, 4.69) is 32.8 Å². The van der Waals surface area contributed by atoms with Gasteiger partial charge in [-0.25, -0.2) is 0 Å². The summed E-state index contributed by atoms with van der Waals surface area (Å²) in [6.45, 7) is 1.51. The molecule has 0 aliphatic rings. The maximum absolute atomic E-state index is 11.0. The largest absolute Gasteiger partial charge is 0.294 e. The van der Waals surface area contributed by atoms with Crippen LogP contribution in [0.5, 0.6) is 0 Å². The van der Waals surface area contributed by atoms with Gasteiger partial charge in [0, 0.05) is 23.5 Å². The molecule has 3 heteroatoms. The molecule has 2 nitrogen and oxygen atoms in total. The van der Waals surface area contributed by atoms with Crippen molar-refractivity contribution in [3.63, 3.8) is 0 Å². The zero-order valence-corrected chi connectivity index (χ0v) is 8.76. The number of hydrogen-bond donors (Lipinski definition) is 0. The average molecular weight is 238 g/mol. The van der Waals surface area contributed by atoms with Crippen molar-refractivity contribution in [2.45, 2.75) is 6.92 Å². The fourth-order valence-electron chi connectivity index (χ4n) is 0.836. The summed E-state index contributed by atoms with van der Waals surface area (Å²) in [6.07, 6.45) is 3.18. The van der Waals surface area contributed by atoms with Gasteiger partial charge in [0.05, 0.1) is 5.33 Å². The minimum atomic E-state index is 0.00925. The Hall–Kier alpha value is -1.14. The second-order valence-electron chi connectivity index (χ2n) is 2.45.